The standard InChI is InChI=1S/C27H29N3/c28-19-26-17-9-7-15-23(26)25(21-11-3-1-4-12-21)24-16-8-10-18-27(24,20-29)30(26)22-13-5-2-6-14-22/h1-6,11-14,23-25H,7-10,15-18H2/t23-,24-,25?,26-,27+/m1/s1. The molecule has 2 aliphatic carbocycles. The number of piperidine rings is 1. The smallest absolute Gasteiger partial charge is 0.132 e. The predicted molar refractivity (Wildman–Crippen MR) is 119 cm³/mol. The molecule has 0 spiro atoms. The fourth-order valence-corrected chi connectivity index (χ4v) is 7.07. The molecule has 3 nitrogen and oxygen atoms in total. The van der Waals surface area contributed by atoms with Gasteiger partial charge in [0.2, 0.25) is 0 Å². The van der Waals surface area contributed by atoms with Gasteiger partial charge in [0.05, 0.1) is 12.1 Å². The number of hydrogen-bond acceptors (Lipinski definition) is 3. The second kappa shape index (κ2) is 7.48. The Kier molecular flexibility index (Phi) is 4.79. The van der Waals surface area contributed by atoms with Gasteiger partial charge in [0.25, 0.3) is 0 Å². The van der Waals surface area contributed by atoms with Crippen LogP contribution in [-0.4, -0.2) is 11.1 Å². The Balaban J connectivity index is 1.78. The van der Waals surface area contributed by atoms with Crippen LogP contribution >= 0.6 is 0 Å². The lowest BCUT2D eigenvalue weighted by Crippen LogP contribution is -2.73. The molecule has 152 valence electrons. The number of nitriles is 2. The lowest BCUT2D eigenvalue weighted by molar-refractivity contribution is 0.0360. The molecule has 1 unspecified atom stereocenters. The Hall–Kier alpha value is -2.78. The van der Waals surface area contributed by atoms with Gasteiger partial charge in [-0.2, -0.15) is 10.5 Å². The third-order valence-electron chi connectivity index (χ3n) is 8.12. The van der Waals surface area contributed by atoms with Gasteiger partial charge in [-0.15, -0.1) is 0 Å². The van der Waals surface area contributed by atoms with Crippen molar-refractivity contribution in [1.29, 1.82) is 10.5 Å². The number of nitrogens with zero attached hydrogens (tertiary/aromatic N) is 3. The van der Waals surface area contributed by atoms with Crippen LogP contribution in [0.2, 0.25) is 0 Å². The molecule has 0 bridgehead atoms. The average Bonchev–Trinajstić information content (AvgIpc) is 2.83. The summed E-state index contributed by atoms with van der Waals surface area (Å²) in [6, 6.07) is 26.8. The molecule has 30 heavy (non-hydrogen) atoms. The molecule has 2 aromatic rings. The van der Waals surface area contributed by atoms with E-state index in [0.717, 1.165) is 44.2 Å². The van der Waals surface area contributed by atoms with E-state index in [9.17, 15) is 10.5 Å². The van der Waals surface area contributed by atoms with Gasteiger partial charge in [-0.3, -0.25) is 0 Å². The van der Waals surface area contributed by atoms with Crippen LogP contribution < -0.4 is 4.90 Å². The van der Waals surface area contributed by atoms with Crippen molar-refractivity contribution in [2.45, 2.75) is 68.4 Å². The van der Waals surface area contributed by atoms with E-state index in [1.165, 1.54) is 18.4 Å². The fourth-order valence-electron chi connectivity index (χ4n) is 7.07. The van der Waals surface area contributed by atoms with E-state index in [-0.39, 0.29) is 17.8 Å². The first-order valence-electron chi connectivity index (χ1n) is 11.5. The normalized spacial score (nSPS) is 35.4. The molecule has 2 saturated carbocycles. The van der Waals surface area contributed by atoms with Crippen LogP contribution in [0.4, 0.5) is 5.69 Å². The minimum absolute atomic E-state index is 0.253. The number of rotatable bonds is 2. The second-order valence-corrected chi connectivity index (χ2v) is 9.38. The van der Waals surface area contributed by atoms with Crippen LogP contribution in [-0.2, 0) is 0 Å². The first-order chi connectivity index (χ1) is 14.8. The molecule has 0 radical (unpaired) electrons. The molecule has 1 heterocycles. The van der Waals surface area contributed by atoms with E-state index in [2.05, 4.69) is 59.5 Å². The Labute approximate surface area is 179 Å². The summed E-state index contributed by atoms with van der Waals surface area (Å²) >= 11 is 0. The molecule has 3 aliphatic rings. The monoisotopic (exact) mass is 395 g/mol. The van der Waals surface area contributed by atoms with Crippen molar-refractivity contribution < 1.29 is 0 Å². The summed E-state index contributed by atoms with van der Waals surface area (Å²) in [5.74, 6) is 0.776. The molecular weight excluding hydrogens is 366 g/mol. The van der Waals surface area contributed by atoms with Crippen LogP contribution in [0.25, 0.3) is 0 Å². The van der Waals surface area contributed by atoms with Gasteiger partial charge in [-0.1, -0.05) is 74.2 Å². The van der Waals surface area contributed by atoms with Crippen molar-refractivity contribution in [3.05, 3.63) is 66.2 Å². The van der Waals surface area contributed by atoms with Crippen molar-refractivity contribution in [2.24, 2.45) is 11.8 Å². The molecular formula is C27H29N3. The summed E-state index contributed by atoms with van der Waals surface area (Å²) in [6.45, 7) is 0. The zero-order valence-corrected chi connectivity index (χ0v) is 17.5. The first kappa shape index (κ1) is 19.2. The van der Waals surface area contributed by atoms with Gasteiger partial charge in [0.1, 0.15) is 11.1 Å². The molecule has 1 saturated heterocycles. The first-order valence-corrected chi connectivity index (χ1v) is 11.5. The van der Waals surface area contributed by atoms with Gasteiger partial charge >= 0.3 is 0 Å². The maximum atomic E-state index is 10.8. The molecule has 2 aromatic carbocycles. The maximum Gasteiger partial charge on any atom is 0.132 e. The van der Waals surface area contributed by atoms with Gasteiger partial charge < -0.3 is 4.90 Å². The number of para-hydroxylation sites is 1. The van der Waals surface area contributed by atoms with Crippen LogP contribution in [0, 0.1) is 34.5 Å². The van der Waals surface area contributed by atoms with Crippen LogP contribution in [0.1, 0.15) is 62.8 Å². The second-order valence-electron chi connectivity index (χ2n) is 9.38. The Morgan fingerprint density at radius 2 is 1.20 bits per heavy atom. The van der Waals surface area contributed by atoms with E-state index in [4.69, 9.17) is 0 Å². The lowest BCUT2D eigenvalue weighted by Gasteiger charge is -2.65. The maximum absolute atomic E-state index is 10.8. The highest BCUT2D eigenvalue weighted by Crippen LogP contribution is 2.62. The minimum Gasteiger partial charge on any atom is -0.334 e. The van der Waals surface area contributed by atoms with Crippen LogP contribution in [0.15, 0.2) is 60.7 Å². The number of benzene rings is 2. The summed E-state index contributed by atoms with van der Waals surface area (Å²) < 4.78 is 0. The SMILES string of the molecule is N#C[C@]12CCCC[C@@H]1C(c1ccccc1)[C@H]1CCCC[C@@]1(C#N)N2c1ccccc1. The number of fused-ring (bicyclic) bond motifs is 2. The van der Waals surface area contributed by atoms with Crippen molar-refractivity contribution >= 4 is 5.69 Å². The van der Waals surface area contributed by atoms with Crippen molar-refractivity contribution in [1.82, 2.24) is 0 Å². The van der Waals surface area contributed by atoms with E-state index >= 15 is 0 Å². The topological polar surface area (TPSA) is 50.8 Å². The molecule has 0 aromatic heterocycles. The highest BCUT2D eigenvalue weighted by molar-refractivity contribution is 5.60. The van der Waals surface area contributed by atoms with Crippen LogP contribution in [0.3, 0.4) is 0 Å². The summed E-state index contributed by atoms with van der Waals surface area (Å²) in [6.07, 6.45) is 8.29. The average molecular weight is 396 g/mol. The summed E-state index contributed by atoms with van der Waals surface area (Å²) in [7, 11) is 0. The molecule has 5 rings (SSSR count). The van der Waals surface area contributed by atoms with Gasteiger partial charge in [0, 0.05) is 17.5 Å². The van der Waals surface area contributed by atoms with E-state index in [1.54, 1.807) is 0 Å². The van der Waals surface area contributed by atoms with Crippen molar-refractivity contribution in [3.8, 4) is 12.1 Å². The predicted octanol–water partition coefficient (Wildman–Crippen LogP) is 6.20. The van der Waals surface area contributed by atoms with E-state index in [1.807, 2.05) is 18.2 Å². The molecule has 0 N–H and O–H groups in total. The fraction of sp³-hybridized carbons (Fsp3) is 0.481. The van der Waals surface area contributed by atoms with Crippen molar-refractivity contribution in [3.63, 3.8) is 0 Å². The molecule has 3 heteroatoms. The Morgan fingerprint density at radius 3 is 1.70 bits per heavy atom. The highest BCUT2D eigenvalue weighted by atomic mass is 15.3. The summed E-state index contributed by atoms with van der Waals surface area (Å²) in [5.41, 5.74) is 1.13. The number of anilines is 1. The highest BCUT2D eigenvalue weighted by Gasteiger charge is 2.65. The third kappa shape index (κ3) is 2.61. The Morgan fingerprint density at radius 1 is 0.700 bits per heavy atom. The van der Waals surface area contributed by atoms with Crippen molar-refractivity contribution in [2.75, 3.05) is 4.90 Å². The zero-order chi connectivity index (χ0) is 20.6. The molecule has 1 aliphatic heterocycles. The minimum atomic E-state index is -0.621. The van der Waals surface area contributed by atoms with Crippen LogP contribution in [0.5, 0.6) is 0 Å². The third-order valence-corrected chi connectivity index (χ3v) is 8.12. The van der Waals surface area contributed by atoms with E-state index in [0.29, 0.717) is 0 Å². The van der Waals surface area contributed by atoms with Gasteiger partial charge in [-0.25, -0.2) is 0 Å². The summed E-state index contributed by atoms with van der Waals surface area (Å²) in [4.78, 5) is 2.33. The van der Waals surface area contributed by atoms with Gasteiger partial charge in [0.15, 0.2) is 0 Å². The van der Waals surface area contributed by atoms with E-state index < -0.39 is 11.1 Å². The Bertz CT molecular complexity index is 931. The molecule has 5 atom stereocenters. The van der Waals surface area contributed by atoms with Gasteiger partial charge in [-0.05, 0) is 49.3 Å². The lowest BCUT2D eigenvalue weighted by atomic mass is 9.51. The largest absolute Gasteiger partial charge is 0.334 e. The molecule has 0 amide bonds. The molecule has 3 fully saturated rings. The zero-order valence-electron chi connectivity index (χ0n) is 17.5. The number of hydrogen-bond donors (Lipinski definition) is 0. The summed E-state index contributed by atoms with van der Waals surface area (Å²) in [5, 5.41) is 21.5. The quantitative estimate of drug-likeness (QED) is 0.609.